The summed E-state index contributed by atoms with van der Waals surface area (Å²) in [6.45, 7) is 6.62. The van der Waals surface area contributed by atoms with E-state index >= 15 is 0 Å². The van der Waals surface area contributed by atoms with Gasteiger partial charge in [-0.1, -0.05) is 29.8 Å². The van der Waals surface area contributed by atoms with Gasteiger partial charge in [-0.3, -0.25) is 0 Å². The van der Waals surface area contributed by atoms with Gasteiger partial charge in [-0.2, -0.15) is 0 Å². The molecule has 76 valence electrons. The summed E-state index contributed by atoms with van der Waals surface area (Å²) in [5.74, 6) is 0.848. The van der Waals surface area contributed by atoms with Crippen molar-refractivity contribution in [1.82, 2.24) is 10.6 Å². The highest BCUT2D eigenvalue weighted by atomic mass is 15.0. The highest BCUT2D eigenvalue weighted by molar-refractivity contribution is 5.21. The lowest BCUT2D eigenvalue weighted by atomic mass is 10.0. The van der Waals surface area contributed by atoms with Crippen LogP contribution in [-0.2, 0) is 6.54 Å². The van der Waals surface area contributed by atoms with E-state index in [-0.39, 0.29) is 0 Å². The summed E-state index contributed by atoms with van der Waals surface area (Å²) < 4.78 is 0. The molecule has 0 bridgehead atoms. The minimum absolute atomic E-state index is 0.848. The normalized spacial score (nSPS) is 16.6. The van der Waals surface area contributed by atoms with E-state index in [1.54, 1.807) is 0 Å². The van der Waals surface area contributed by atoms with Crippen LogP contribution in [-0.4, -0.2) is 19.6 Å². The zero-order valence-electron chi connectivity index (χ0n) is 8.72. The molecule has 2 heteroatoms. The van der Waals surface area contributed by atoms with E-state index in [0.717, 1.165) is 19.0 Å². The molecule has 2 nitrogen and oxygen atoms in total. The summed E-state index contributed by atoms with van der Waals surface area (Å²) in [4.78, 5) is 0. The lowest BCUT2D eigenvalue weighted by Gasteiger charge is -2.27. The Labute approximate surface area is 85.7 Å². The van der Waals surface area contributed by atoms with Gasteiger partial charge in [-0.25, -0.2) is 0 Å². The highest BCUT2D eigenvalue weighted by Gasteiger charge is 2.15. The van der Waals surface area contributed by atoms with Gasteiger partial charge in [-0.15, -0.1) is 0 Å². The smallest absolute Gasteiger partial charge is 0.0205 e. The molecular weight excluding hydrogens is 172 g/mol. The summed E-state index contributed by atoms with van der Waals surface area (Å²) in [5.41, 5.74) is 2.71. The standard InChI is InChI=1S/C12H18N2/c1-10-2-4-11(5-3-10)6-13-7-12-8-14-9-12/h2-5,12-14H,6-9H2,1H3. The number of hydrogen-bond acceptors (Lipinski definition) is 2. The Hall–Kier alpha value is -0.860. The Morgan fingerprint density at radius 2 is 2.00 bits per heavy atom. The molecule has 0 spiro atoms. The predicted molar refractivity (Wildman–Crippen MR) is 59.2 cm³/mol. The van der Waals surface area contributed by atoms with Crippen LogP contribution in [0.3, 0.4) is 0 Å². The first-order valence-corrected chi connectivity index (χ1v) is 5.31. The summed E-state index contributed by atoms with van der Waals surface area (Å²) in [5, 5.41) is 6.76. The van der Waals surface area contributed by atoms with E-state index < -0.39 is 0 Å². The number of hydrogen-bond donors (Lipinski definition) is 2. The largest absolute Gasteiger partial charge is 0.316 e. The molecule has 1 aromatic carbocycles. The molecule has 0 saturated carbocycles. The van der Waals surface area contributed by atoms with Gasteiger partial charge in [0.25, 0.3) is 0 Å². The maximum atomic E-state index is 3.48. The first kappa shape index (κ1) is 9.69. The quantitative estimate of drug-likeness (QED) is 0.748. The second kappa shape index (κ2) is 4.58. The Kier molecular flexibility index (Phi) is 3.17. The van der Waals surface area contributed by atoms with E-state index in [1.165, 1.54) is 24.2 Å². The van der Waals surface area contributed by atoms with Crippen molar-refractivity contribution in [2.24, 2.45) is 5.92 Å². The van der Waals surface area contributed by atoms with Crippen molar-refractivity contribution in [3.05, 3.63) is 35.4 Å². The molecule has 14 heavy (non-hydrogen) atoms. The molecule has 1 fully saturated rings. The van der Waals surface area contributed by atoms with Crippen LogP contribution < -0.4 is 10.6 Å². The Balaban J connectivity index is 1.71. The van der Waals surface area contributed by atoms with Crippen molar-refractivity contribution in [3.8, 4) is 0 Å². The van der Waals surface area contributed by atoms with E-state index in [1.807, 2.05) is 0 Å². The molecule has 1 aromatic rings. The molecule has 1 saturated heterocycles. The fourth-order valence-corrected chi connectivity index (χ4v) is 1.62. The molecule has 0 aliphatic carbocycles. The number of rotatable bonds is 4. The molecule has 0 amide bonds. The first-order chi connectivity index (χ1) is 6.84. The fraction of sp³-hybridized carbons (Fsp3) is 0.500. The summed E-state index contributed by atoms with van der Waals surface area (Å²) in [6.07, 6.45) is 0. The Morgan fingerprint density at radius 1 is 1.29 bits per heavy atom. The molecule has 0 aromatic heterocycles. The summed E-state index contributed by atoms with van der Waals surface area (Å²) in [7, 11) is 0. The lowest BCUT2D eigenvalue weighted by Crippen LogP contribution is -2.47. The van der Waals surface area contributed by atoms with Gasteiger partial charge < -0.3 is 10.6 Å². The van der Waals surface area contributed by atoms with Crippen LogP contribution in [0.5, 0.6) is 0 Å². The van der Waals surface area contributed by atoms with Crippen molar-refractivity contribution in [3.63, 3.8) is 0 Å². The molecule has 0 radical (unpaired) electrons. The fourth-order valence-electron chi connectivity index (χ4n) is 1.62. The monoisotopic (exact) mass is 190 g/mol. The number of aryl methyl sites for hydroxylation is 1. The zero-order chi connectivity index (χ0) is 9.80. The average Bonchev–Trinajstić information content (AvgIpc) is 2.12. The predicted octanol–water partition coefficient (Wildman–Crippen LogP) is 1.30. The minimum Gasteiger partial charge on any atom is -0.316 e. The SMILES string of the molecule is Cc1ccc(CNCC2CNC2)cc1. The van der Waals surface area contributed by atoms with Crippen LogP contribution in [0.4, 0.5) is 0 Å². The zero-order valence-corrected chi connectivity index (χ0v) is 8.72. The van der Waals surface area contributed by atoms with Gasteiger partial charge in [0.2, 0.25) is 0 Å². The molecule has 2 rings (SSSR count). The lowest BCUT2D eigenvalue weighted by molar-refractivity contribution is 0.331. The molecule has 0 atom stereocenters. The van der Waals surface area contributed by atoms with Gasteiger partial charge in [0.15, 0.2) is 0 Å². The van der Waals surface area contributed by atoms with Crippen LogP contribution >= 0.6 is 0 Å². The first-order valence-electron chi connectivity index (χ1n) is 5.31. The number of benzene rings is 1. The maximum absolute atomic E-state index is 3.48. The minimum atomic E-state index is 0.848. The molecule has 0 unspecified atom stereocenters. The van der Waals surface area contributed by atoms with E-state index in [4.69, 9.17) is 0 Å². The van der Waals surface area contributed by atoms with Crippen LogP contribution in [0.2, 0.25) is 0 Å². The second-order valence-electron chi connectivity index (χ2n) is 4.14. The highest BCUT2D eigenvalue weighted by Crippen LogP contribution is 2.04. The van der Waals surface area contributed by atoms with Crippen molar-refractivity contribution in [1.29, 1.82) is 0 Å². The van der Waals surface area contributed by atoms with Gasteiger partial charge in [0.1, 0.15) is 0 Å². The number of nitrogens with one attached hydrogen (secondary N) is 2. The average molecular weight is 190 g/mol. The van der Waals surface area contributed by atoms with Gasteiger partial charge in [0.05, 0.1) is 0 Å². The molecular formula is C12H18N2. The van der Waals surface area contributed by atoms with Crippen LogP contribution in [0.1, 0.15) is 11.1 Å². The van der Waals surface area contributed by atoms with Crippen molar-refractivity contribution >= 4 is 0 Å². The van der Waals surface area contributed by atoms with E-state index in [9.17, 15) is 0 Å². The topological polar surface area (TPSA) is 24.1 Å². The summed E-state index contributed by atoms with van der Waals surface area (Å²) in [6, 6.07) is 8.73. The molecule has 1 aliphatic heterocycles. The van der Waals surface area contributed by atoms with E-state index in [2.05, 4.69) is 41.8 Å². The van der Waals surface area contributed by atoms with Gasteiger partial charge in [0, 0.05) is 26.2 Å². The Morgan fingerprint density at radius 3 is 2.57 bits per heavy atom. The van der Waals surface area contributed by atoms with E-state index in [0.29, 0.717) is 0 Å². The second-order valence-corrected chi connectivity index (χ2v) is 4.14. The van der Waals surface area contributed by atoms with Crippen LogP contribution in [0.15, 0.2) is 24.3 Å². The third kappa shape index (κ3) is 2.56. The third-order valence-corrected chi connectivity index (χ3v) is 2.75. The van der Waals surface area contributed by atoms with Gasteiger partial charge in [-0.05, 0) is 18.4 Å². The molecule has 1 aliphatic rings. The third-order valence-electron chi connectivity index (χ3n) is 2.75. The van der Waals surface area contributed by atoms with Crippen LogP contribution in [0.25, 0.3) is 0 Å². The Bertz CT molecular complexity index is 275. The van der Waals surface area contributed by atoms with Gasteiger partial charge >= 0.3 is 0 Å². The molecule has 2 N–H and O–H groups in total. The van der Waals surface area contributed by atoms with Crippen molar-refractivity contribution < 1.29 is 0 Å². The van der Waals surface area contributed by atoms with Crippen LogP contribution in [0, 0.1) is 12.8 Å². The maximum Gasteiger partial charge on any atom is 0.0205 e. The molecule has 1 heterocycles. The van der Waals surface area contributed by atoms with Crippen molar-refractivity contribution in [2.75, 3.05) is 19.6 Å². The van der Waals surface area contributed by atoms with Crippen molar-refractivity contribution in [2.45, 2.75) is 13.5 Å². The summed E-state index contributed by atoms with van der Waals surface area (Å²) >= 11 is 0.